The molecule has 1 unspecified atom stereocenters. The van der Waals surface area contributed by atoms with Crippen LogP contribution in [0, 0.1) is 0 Å². The van der Waals surface area contributed by atoms with Gasteiger partial charge in [0.15, 0.2) is 0 Å². The van der Waals surface area contributed by atoms with Crippen LogP contribution in [0.1, 0.15) is 36.5 Å². The van der Waals surface area contributed by atoms with E-state index in [9.17, 15) is 4.79 Å². The Kier molecular flexibility index (Phi) is 3.23. The van der Waals surface area contributed by atoms with Crippen LogP contribution in [0.4, 0.5) is 5.69 Å². The Balaban J connectivity index is 2.06. The first-order valence-electron chi connectivity index (χ1n) is 6.92. The maximum atomic E-state index is 12.7. The number of piperidine rings is 1. The highest BCUT2D eigenvalue weighted by atomic mass is 16.5. The third-order valence-corrected chi connectivity index (χ3v) is 3.71. The number of ether oxygens (including phenoxy) is 1. The Morgan fingerprint density at radius 3 is 3.16 bits per heavy atom. The smallest absolute Gasteiger partial charge is 0.260 e. The first kappa shape index (κ1) is 12.2. The van der Waals surface area contributed by atoms with Crippen LogP contribution < -0.4 is 4.74 Å². The van der Waals surface area contributed by atoms with Crippen molar-refractivity contribution in [3.8, 4) is 5.75 Å². The molecule has 100 valence electrons. The van der Waals surface area contributed by atoms with Gasteiger partial charge in [0.05, 0.1) is 18.3 Å². The van der Waals surface area contributed by atoms with Crippen molar-refractivity contribution in [2.75, 3.05) is 13.2 Å². The fourth-order valence-corrected chi connectivity index (χ4v) is 2.79. The molecule has 1 aromatic carbocycles. The second kappa shape index (κ2) is 5.03. The highest BCUT2D eigenvalue weighted by Gasteiger charge is 2.31. The van der Waals surface area contributed by atoms with Gasteiger partial charge in [-0.25, -0.2) is 0 Å². The van der Waals surface area contributed by atoms with Crippen molar-refractivity contribution in [1.82, 2.24) is 4.90 Å². The lowest BCUT2D eigenvalue weighted by Gasteiger charge is -2.32. The zero-order chi connectivity index (χ0) is 13.2. The van der Waals surface area contributed by atoms with E-state index in [0.29, 0.717) is 17.9 Å². The first-order valence-corrected chi connectivity index (χ1v) is 6.92. The Hall–Kier alpha value is -1.84. The van der Waals surface area contributed by atoms with E-state index in [1.54, 1.807) is 0 Å². The topological polar surface area (TPSA) is 41.9 Å². The van der Waals surface area contributed by atoms with Gasteiger partial charge in [0.1, 0.15) is 11.3 Å². The molecule has 1 atom stereocenters. The minimum Gasteiger partial charge on any atom is -0.493 e. The van der Waals surface area contributed by atoms with E-state index < -0.39 is 0 Å². The minimum absolute atomic E-state index is 0.0567. The number of amides is 1. The summed E-state index contributed by atoms with van der Waals surface area (Å²) in [5.74, 6) is 0.703. The molecule has 0 aromatic heterocycles. The van der Waals surface area contributed by atoms with Crippen LogP contribution in [0.3, 0.4) is 0 Å². The molecular formula is C15H18N2O2. The number of rotatable bonds is 2. The Morgan fingerprint density at radius 1 is 1.42 bits per heavy atom. The van der Waals surface area contributed by atoms with Gasteiger partial charge in [0.25, 0.3) is 5.91 Å². The SMILES string of the molecule is CCOc1cccc2c1C(=O)N1CCCCC1C=N2. The van der Waals surface area contributed by atoms with Crippen molar-refractivity contribution < 1.29 is 9.53 Å². The monoisotopic (exact) mass is 258 g/mol. The quantitative estimate of drug-likeness (QED) is 0.818. The summed E-state index contributed by atoms with van der Waals surface area (Å²) in [5, 5.41) is 0. The van der Waals surface area contributed by atoms with Crippen LogP contribution in [-0.2, 0) is 0 Å². The lowest BCUT2D eigenvalue weighted by atomic mass is 10.0. The number of hydrogen-bond donors (Lipinski definition) is 0. The molecule has 1 saturated heterocycles. The van der Waals surface area contributed by atoms with E-state index >= 15 is 0 Å². The van der Waals surface area contributed by atoms with E-state index in [1.807, 2.05) is 36.2 Å². The number of benzene rings is 1. The summed E-state index contributed by atoms with van der Waals surface area (Å²) in [4.78, 5) is 19.2. The van der Waals surface area contributed by atoms with Gasteiger partial charge in [-0.05, 0) is 38.3 Å². The van der Waals surface area contributed by atoms with Gasteiger partial charge in [0.2, 0.25) is 0 Å². The second-order valence-corrected chi connectivity index (χ2v) is 4.92. The summed E-state index contributed by atoms with van der Waals surface area (Å²) >= 11 is 0. The van der Waals surface area contributed by atoms with Gasteiger partial charge >= 0.3 is 0 Å². The van der Waals surface area contributed by atoms with Crippen molar-refractivity contribution in [2.24, 2.45) is 4.99 Å². The molecule has 0 spiro atoms. The van der Waals surface area contributed by atoms with Crippen LogP contribution in [0.5, 0.6) is 5.75 Å². The Morgan fingerprint density at radius 2 is 2.32 bits per heavy atom. The Labute approximate surface area is 113 Å². The van der Waals surface area contributed by atoms with Crippen LogP contribution in [0.2, 0.25) is 0 Å². The lowest BCUT2D eigenvalue weighted by molar-refractivity contribution is 0.0684. The fraction of sp³-hybridized carbons (Fsp3) is 0.467. The molecule has 2 aliphatic rings. The second-order valence-electron chi connectivity index (χ2n) is 4.92. The van der Waals surface area contributed by atoms with E-state index in [-0.39, 0.29) is 11.9 Å². The van der Waals surface area contributed by atoms with E-state index in [0.717, 1.165) is 31.5 Å². The molecule has 4 nitrogen and oxygen atoms in total. The van der Waals surface area contributed by atoms with Crippen LogP contribution >= 0.6 is 0 Å². The van der Waals surface area contributed by atoms with Crippen LogP contribution in [0.15, 0.2) is 23.2 Å². The third-order valence-electron chi connectivity index (χ3n) is 3.71. The zero-order valence-electron chi connectivity index (χ0n) is 11.1. The van der Waals surface area contributed by atoms with Gasteiger partial charge in [-0.1, -0.05) is 6.07 Å². The van der Waals surface area contributed by atoms with Gasteiger partial charge in [-0.2, -0.15) is 0 Å². The van der Waals surface area contributed by atoms with Gasteiger partial charge in [-0.15, -0.1) is 0 Å². The molecule has 0 aliphatic carbocycles. The molecule has 1 amide bonds. The van der Waals surface area contributed by atoms with Crippen molar-refractivity contribution >= 4 is 17.8 Å². The fourth-order valence-electron chi connectivity index (χ4n) is 2.79. The summed E-state index contributed by atoms with van der Waals surface area (Å²) in [6.07, 6.45) is 5.16. The van der Waals surface area contributed by atoms with E-state index in [1.165, 1.54) is 0 Å². The van der Waals surface area contributed by atoms with Crippen LogP contribution in [-0.4, -0.2) is 36.2 Å². The third kappa shape index (κ3) is 2.11. The van der Waals surface area contributed by atoms with Crippen LogP contribution in [0.25, 0.3) is 0 Å². The standard InChI is InChI=1S/C15H18N2O2/c1-2-19-13-8-5-7-12-14(13)15(18)17-9-4-3-6-11(17)10-16-12/h5,7-8,10-11H,2-4,6,9H2,1H3. The molecule has 1 fully saturated rings. The molecule has 0 radical (unpaired) electrons. The van der Waals surface area contributed by atoms with Crippen molar-refractivity contribution in [3.05, 3.63) is 23.8 Å². The highest BCUT2D eigenvalue weighted by molar-refractivity contribution is 6.04. The van der Waals surface area contributed by atoms with Gasteiger partial charge in [0, 0.05) is 12.8 Å². The molecule has 0 saturated carbocycles. The van der Waals surface area contributed by atoms with E-state index in [2.05, 4.69) is 4.99 Å². The highest BCUT2D eigenvalue weighted by Crippen LogP contribution is 2.34. The molecule has 19 heavy (non-hydrogen) atoms. The number of carbonyl (C=O) groups is 1. The molecule has 4 heteroatoms. The summed E-state index contributed by atoms with van der Waals surface area (Å²) in [6.45, 7) is 3.29. The number of nitrogens with zero attached hydrogens (tertiary/aromatic N) is 2. The van der Waals surface area contributed by atoms with Gasteiger partial charge in [-0.3, -0.25) is 9.79 Å². The molecule has 3 rings (SSSR count). The largest absolute Gasteiger partial charge is 0.493 e. The molecule has 2 aliphatic heterocycles. The average Bonchev–Trinajstić information content (AvgIpc) is 2.58. The molecular weight excluding hydrogens is 240 g/mol. The summed E-state index contributed by atoms with van der Waals surface area (Å²) in [7, 11) is 0. The summed E-state index contributed by atoms with van der Waals surface area (Å²) in [5.41, 5.74) is 1.34. The number of carbonyl (C=O) groups excluding carboxylic acids is 1. The van der Waals surface area contributed by atoms with Crippen molar-refractivity contribution in [2.45, 2.75) is 32.2 Å². The van der Waals surface area contributed by atoms with Crippen molar-refractivity contribution in [1.29, 1.82) is 0 Å². The number of fused-ring (bicyclic) bond motifs is 2. The number of hydrogen-bond acceptors (Lipinski definition) is 3. The first-order chi connectivity index (χ1) is 9.31. The normalized spacial score (nSPS) is 21.6. The predicted molar refractivity (Wildman–Crippen MR) is 74.4 cm³/mol. The van der Waals surface area contributed by atoms with E-state index in [4.69, 9.17) is 4.74 Å². The molecule has 2 heterocycles. The molecule has 0 N–H and O–H groups in total. The van der Waals surface area contributed by atoms with Crippen molar-refractivity contribution in [3.63, 3.8) is 0 Å². The predicted octanol–water partition coefficient (Wildman–Crippen LogP) is 2.80. The number of aliphatic imine (C=N–C) groups is 1. The molecule has 0 bridgehead atoms. The van der Waals surface area contributed by atoms with Gasteiger partial charge < -0.3 is 9.64 Å². The minimum atomic E-state index is 0.0567. The maximum Gasteiger partial charge on any atom is 0.260 e. The maximum absolute atomic E-state index is 12.7. The summed E-state index contributed by atoms with van der Waals surface area (Å²) < 4.78 is 5.59. The summed E-state index contributed by atoms with van der Waals surface area (Å²) in [6, 6.07) is 5.76. The zero-order valence-corrected chi connectivity index (χ0v) is 11.1. The Bertz CT molecular complexity index is 525. The average molecular weight is 258 g/mol. The molecule has 1 aromatic rings. The lowest BCUT2D eigenvalue weighted by Crippen LogP contribution is -2.43.